The minimum atomic E-state index is 0.559. The third-order valence-corrected chi connectivity index (χ3v) is 5.05. The van der Waals surface area contributed by atoms with Crippen LogP contribution in [0.3, 0.4) is 0 Å². The van der Waals surface area contributed by atoms with Gasteiger partial charge in [0.25, 0.3) is 0 Å². The maximum atomic E-state index is 2.45. The molecule has 2 heteroatoms. The fourth-order valence-electron chi connectivity index (χ4n) is 1.84. The molecule has 0 aliphatic heterocycles. The number of aryl methyl sites for hydroxylation is 4. The van der Waals surface area contributed by atoms with E-state index in [0.29, 0.717) is 14.5 Å². The van der Waals surface area contributed by atoms with Gasteiger partial charge in [0.2, 0.25) is 0 Å². The van der Waals surface area contributed by atoms with Crippen LogP contribution in [0.15, 0.2) is 12.1 Å². The van der Waals surface area contributed by atoms with Crippen LogP contribution in [0.25, 0.3) is 9.78 Å². The second kappa shape index (κ2) is 3.52. The molecule has 0 bridgehead atoms. The molecule has 0 atom stereocenters. The molecule has 1 aromatic heterocycles. The van der Waals surface area contributed by atoms with Crippen molar-refractivity contribution in [2.24, 2.45) is 0 Å². The van der Waals surface area contributed by atoms with Gasteiger partial charge in [-0.25, -0.2) is 0 Å². The van der Waals surface area contributed by atoms with Crippen molar-refractivity contribution in [3.63, 3.8) is 0 Å². The van der Waals surface area contributed by atoms with Gasteiger partial charge >= 0.3 is 90.9 Å². The van der Waals surface area contributed by atoms with Gasteiger partial charge in [-0.3, -0.25) is 0 Å². The first-order valence-corrected chi connectivity index (χ1v) is 6.75. The zero-order valence-corrected chi connectivity index (χ0v) is 10.9. The molecule has 0 spiro atoms. The number of fused-ring (bicyclic) bond motifs is 1. The van der Waals surface area contributed by atoms with Crippen molar-refractivity contribution >= 4 is 24.3 Å². The predicted octanol–water partition coefficient (Wildman–Crippen LogP) is 2.13. The molecule has 2 rings (SSSR count). The van der Waals surface area contributed by atoms with E-state index in [4.69, 9.17) is 0 Å². The third kappa shape index (κ3) is 1.43. The Balaban J connectivity index is 2.82. The third-order valence-electron chi connectivity index (χ3n) is 2.82. The van der Waals surface area contributed by atoms with Crippen LogP contribution in [0, 0.1) is 20.8 Å². The van der Waals surface area contributed by atoms with Crippen LogP contribution >= 0.6 is 0 Å². The van der Waals surface area contributed by atoms with Crippen LogP contribution < -0.4 is 4.57 Å². The zero-order chi connectivity index (χ0) is 10.3. The van der Waals surface area contributed by atoms with Gasteiger partial charge in [0.15, 0.2) is 0 Å². The summed E-state index contributed by atoms with van der Waals surface area (Å²) in [5.41, 5.74) is 4.29. The van der Waals surface area contributed by atoms with Crippen LogP contribution in [0.2, 0.25) is 0 Å². The second-order valence-corrected chi connectivity index (χ2v) is 6.36. The van der Waals surface area contributed by atoms with Gasteiger partial charge in [0, 0.05) is 0 Å². The number of nitrogens with zero attached hydrogens (tertiary/aromatic N) is 1. The van der Waals surface area contributed by atoms with E-state index in [1.165, 1.54) is 16.6 Å². The van der Waals surface area contributed by atoms with E-state index in [0.717, 1.165) is 6.54 Å². The van der Waals surface area contributed by atoms with Crippen LogP contribution in [-0.4, -0.2) is 14.5 Å². The Kier molecular flexibility index (Phi) is 2.50. The Hall–Kier alpha value is -0.591. The first-order valence-electron chi connectivity index (χ1n) is 5.03. The van der Waals surface area contributed by atoms with Gasteiger partial charge in [0.1, 0.15) is 0 Å². The van der Waals surface area contributed by atoms with Crippen LogP contribution in [0.4, 0.5) is 0 Å². The summed E-state index contributed by atoms with van der Waals surface area (Å²) >= 11 is 0.559. The molecule has 0 aliphatic carbocycles. The molecule has 0 saturated carbocycles. The SMILES string of the molecule is CC[n+]1c(C)[se]c2cc(C)c(C)cc21. The van der Waals surface area contributed by atoms with Crippen LogP contribution in [0.5, 0.6) is 0 Å². The minimum absolute atomic E-state index is 0.559. The van der Waals surface area contributed by atoms with Crippen molar-refractivity contribution in [3.8, 4) is 0 Å². The summed E-state index contributed by atoms with van der Waals surface area (Å²) in [6.45, 7) is 9.99. The molecule has 1 aromatic carbocycles. The maximum absolute atomic E-state index is 2.45. The summed E-state index contributed by atoms with van der Waals surface area (Å²) in [7, 11) is 0. The first kappa shape index (κ1) is 9.95. The molecule has 0 fully saturated rings. The molecular weight excluding hydrogens is 237 g/mol. The summed E-state index contributed by atoms with van der Waals surface area (Å²) in [6, 6.07) is 4.70. The molecule has 14 heavy (non-hydrogen) atoms. The van der Waals surface area contributed by atoms with Crippen molar-refractivity contribution in [3.05, 3.63) is 27.8 Å². The molecule has 2 aromatic rings. The summed E-state index contributed by atoms with van der Waals surface area (Å²) in [5, 5.41) is 0. The average Bonchev–Trinajstić information content (AvgIpc) is 2.42. The standard InChI is InChI=1S/C12H16NSe/c1-5-13-10(4)14-12-7-9(3)8(2)6-11(12)13/h6-7H,5H2,1-4H3/q+1. The summed E-state index contributed by atoms with van der Waals surface area (Å²) in [4.78, 5) is 0. The van der Waals surface area contributed by atoms with Crippen molar-refractivity contribution < 1.29 is 4.57 Å². The summed E-state index contributed by atoms with van der Waals surface area (Å²) in [5.74, 6) is 0. The zero-order valence-electron chi connectivity index (χ0n) is 9.22. The Morgan fingerprint density at radius 3 is 2.43 bits per heavy atom. The van der Waals surface area contributed by atoms with E-state index < -0.39 is 0 Å². The van der Waals surface area contributed by atoms with Crippen molar-refractivity contribution in [2.45, 2.75) is 34.2 Å². The molecule has 0 saturated heterocycles. The van der Waals surface area contributed by atoms with Gasteiger partial charge in [-0.2, -0.15) is 0 Å². The summed E-state index contributed by atoms with van der Waals surface area (Å²) < 4.78 is 5.54. The molecule has 0 N–H and O–H groups in total. The number of rotatable bonds is 1. The van der Waals surface area contributed by atoms with E-state index in [1.54, 1.807) is 8.83 Å². The molecule has 0 aliphatic rings. The number of benzene rings is 1. The van der Waals surface area contributed by atoms with Crippen LogP contribution in [0.1, 0.15) is 22.6 Å². The number of hydrogen-bond donors (Lipinski definition) is 0. The molecule has 0 unspecified atom stereocenters. The summed E-state index contributed by atoms with van der Waals surface area (Å²) in [6.07, 6.45) is 0. The predicted molar refractivity (Wildman–Crippen MR) is 61.0 cm³/mol. The fourth-order valence-corrected chi connectivity index (χ4v) is 4.29. The normalized spacial score (nSPS) is 11.1. The molecule has 0 amide bonds. The van der Waals surface area contributed by atoms with E-state index in [1.807, 2.05) is 0 Å². The van der Waals surface area contributed by atoms with E-state index in [-0.39, 0.29) is 0 Å². The average molecular weight is 253 g/mol. The molecular formula is C12H16NSe+. The van der Waals surface area contributed by atoms with E-state index >= 15 is 0 Å². The monoisotopic (exact) mass is 254 g/mol. The van der Waals surface area contributed by atoms with Crippen LogP contribution in [-0.2, 0) is 6.54 Å². The van der Waals surface area contributed by atoms with Crippen molar-refractivity contribution in [1.82, 2.24) is 0 Å². The number of hydrogen-bond acceptors (Lipinski definition) is 0. The Morgan fingerprint density at radius 2 is 1.79 bits per heavy atom. The molecule has 1 heterocycles. The Morgan fingerprint density at radius 1 is 1.14 bits per heavy atom. The van der Waals surface area contributed by atoms with E-state index in [2.05, 4.69) is 44.4 Å². The van der Waals surface area contributed by atoms with Crippen molar-refractivity contribution in [2.75, 3.05) is 0 Å². The van der Waals surface area contributed by atoms with Gasteiger partial charge < -0.3 is 0 Å². The van der Waals surface area contributed by atoms with Gasteiger partial charge in [-0.15, -0.1) is 0 Å². The number of aromatic nitrogens is 1. The fraction of sp³-hybridized carbons (Fsp3) is 0.417. The topological polar surface area (TPSA) is 3.88 Å². The molecule has 0 radical (unpaired) electrons. The van der Waals surface area contributed by atoms with Gasteiger partial charge in [0.05, 0.1) is 0 Å². The first-order chi connectivity index (χ1) is 6.63. The molecule has 74 valence electrons. The van der Waals surface area contributed by atoms with E-state index in [9.17, 15) is 0 Å². The van der Waals surface area contributed by atoms with Crippen molar-refractivity contribution in [1.29, 1.82) is 0 Å². The van der Waals surface area contributed by atoms with Gasteiger partial charge in [-0.05, 0) is 0 Å². The Labute approximate surface area is 91.1 Å². The quantitative estimate of drug-likeness (QED) is 0.541. The van der Waals surface area contributed by atoms with Gasteiger partial charge in [-0.1, -0.05) is 0 Å². The second-order valence-electron chi connectivity index (χ2n) is 3.77. The Bertz CT molecular complexity index is 483. The molecule has 1 nitrogen and oxygen atoms in total.